The highest BCUT2D eigenvalue weighted by molar-refractivity contribution is 6.45. The maximum atomic E-state index is 11.0. The van der Waals surface area contributed by atoms with Gasteiger partial charge in [-0.15, -0.1) is 0 Å². The Balaban J connectivity index is 2.73. The van der Waals surface area contributed by atoms with Crippen LogP contribution in [0.2, 0.25) is 20.1 Å². The number of aliphatic carboxylic acids is 1. The van der Waals surface area contributed by atoms with E-state index in [4.69, 9.17) is 51.5 Å². The van der Waals surface area contributed by atoms with Gasteiger partial charge in [0.25, 0.3) is 0 Å². The van der Waals surface area contributed by atoms with Crippen LogP contribution in [-0.2, 0) is 4.79 Å². The van der Waals surface area contributed by atoms with Gasteiger partial charge in [0, 0.05) is 21.2 Å². The van der Waals surface area contributed by atoms with E-state index in [-0.39, 0.29) is 15.6 Å². The van der Waals surface area contributed by atoms with Gasteiger partial charge >= 0.3 is 5.97 Å². The van der Waals surface area contributed by atoms with Crippen molar-refractivity contribution in [2.24, 2.45) is 0 Å². The first kappa shape index (κ1) is 16.4. The summed E-state index contributed by atoms with van der Waals surface area (Å²) >= 11 is 23.9. The van der Waals surface area contributed by atoms with Crippen LogP contribution in [0.4, 0.5) is 0 Å². The molecule has 2 aromatic rings. The number of halogens is 4. The maximum absolute atomic E-state index is 11.0. The molecule has 0 bridgehead atoms. The number of carbonyl (C=O) groups is 1. The summed E-state index contributed by atoms with van der Waals surface area (Å²) in [5.74, 6) is -1.40. The number of benzene rings is 2. The van der Waals surface area contributed by atoms with E-state index < -0.39 is 12.1 Å². The summed E-state index contributed by atoms with van der Waals surface area (Å²) in [5.41, 5.74) is 0.917. The normalized spacial score (nSPS) is 12.2. The Kier molecular flexibility index (Phi) is 5.02. The van der Waals surface area contributed by atoms with E-state index in [1.807, 2.05) is 0 Å². The summed E-state index contributed by atoms with van der Waals surface area (Å²) in [4.78, 5) is 11.0. The predicted octanol–water partition coefficient (Wildman–Crippen LogP) is 5.09. The largest absolute Gasteiger partial charge is 0.479 e. The lowest BCUT2D eigenvalue weighted by Crippen LogP contribution is -2.11. The van der Waals surface area contributed by atoms with E-state index >= 15 is 0 Å². The summed E-state index contributed by atoms with van der Waals surface area (Å²) in [7, 11) is 0. The molecule has 21 heavy (non-hydrogen) atoms. The van der Waals surface area contributed by atoms with E-state index in [0.717, 1.165) is 0 Å². The second-order valence-corrected chi connectivity index (χ2v) is 5.88. The van der Waals surface area contributed by atoms with Gasteiger partial charge in [-0.05, 0) is 29.8 Å². The molecule has 7 heteroatoms. The van der Waals surface area contributed by atoms with Gasteiger partial charge in [-0.2, -0.15) is 0 Å². The molecule has 0 aliphatic carbocycles. The number of carboxylic acid groups (broad SMARTS) is 1. The summed E-state index contributed by atoms with van der Waals surface area (Å²) in [6, 6.07) is 7.48. The van der Waals surface area contributed by atoms with Crippen LogP contribution in [0.25, 0.3) is 11.1 Å². The topological polar surface area (TPSA) is 57.5 Å². The van der Waals surface area contributed by atoms with E-state index in [0.29, 0.717) is 21.2 Å². The van der Waals surface area contributed by atoms with Crippen molar-refractivity contribution in [3.63, 3.8) is 0 Å². The molecule has 2 aromatic carbocycles. The second kappa shape index (κ2) is 6.42. The van der Waals surface area contributed by atoms with Gasteiger partial charge < -0.3 is 10.2 Å². The Morgan fingerprint density at radius 3 is 2.24 bits per heavy atom. The zero-order valence-corrected chi connectivity index (χ0v) is 13.3. The molecule has 0 radical (unpaired) electrons. The molecular formula is C14H8Cl4O3. The Morgan fingerprint density at radius 1 is 0.952 bits per heavy atom. The summed E-state index contributed by atoms with van der Waals surface area (Å²) in [6.07, 6.45) is -1.74. The van der Waals surface area contributed by atoms with E-state index in [1.165, 1.54) is 18.2 Å². The molecule has 0 fully saturated rings. The molecule has 2 rings (SSSR count). The molecular weight excluding hydrogens is 358 g/mol. The second-order valence-electron chi connectivity index (χ2n) is 4.22. The Labute approximate surface area is 140 Å². The fourth-order valence-corrected chi connectivity index (χ4v) is 2.77. The van der Waals surface area contributed by atoms with Crippen molar-refractivity contribution in [3.05, 3.63) is 56.0 Å². The van der Waals surface area contributed by atoms with E-state index in [1.54, 1.807) is 12.1 Å². The van der Waals surface area contributed by atoms with Gasteiger partial charge in [0.2, 0.25) is 0 Å². The third kappa shape index (κ3) is 3.44. The number of aliphatic hydroxyl groups excluding tert-OH is 1. The molecule has 0 saturated heterocycles. The zero-order chi connectivity index (χ0) is 15.7. The molecule has 3 nitrogen and oxygen atoms in total. The standard InChI is InChI=1S/C14H8Cl4O3/c15-6-1-2-8(10(3-6)13(19)14(20)21)9-4-7(16)5-11(17)12(9)18/h1-5,13,19H,(H,20,21). The number of rotatable bonds is 3. The van der Waals surface area contributed by atoms with Crippen LogP contribution < -0.4 is 0 Å². The first-order chi connectivity index (χ1) is 9.81. The highest BCUT2D eigenvalue weighted by atomic mass is 35.5. The van der Waals surface area contributed by atoms with Crippen LogP contribution in [0, 0.1) is 0 Å². The van der Waals surface area contributed by atoms with Crippen LogP contribution >= 0.6 is 46.4 Å². The van der Waals surface area contributed by atoms with Crippen molar-refractivity contribution in [2.75, 3.05) is 0 Å². The molecule has 0 amide bonds. The van der Waals surface area contributed by atoms with Crippen molar-refractivity contribution < 1.29 is 15.0 Å². The van der Waals surface area contributed by atoms with Crippen molar-refractivity contribution in [3.8, 4) is 11.1 Å². The highest BCUT2D eigenvalue weighted by Crippen LogP contribution is 2.40. The first-order valence-electron chi connectivity index (χ1n) is 5.66. The fraction of sp³-hybridized carbons (Fsp3) is 0.0714. The van der Waals surface area contributed by atoms with Gasteiger partial charge in [-0.25, -0.2) is 4.79 Å². The highest BCUT2D eigenvalue weighted by Gasteiger charge is 2.22. The SMILES string of the molecule is O=C(O)C(O)c1cc(Cl)ccc1-c1cc(Cl)cc(Cl)c1Cl. The van der Waals surface area contributed by atoms with Crippen molar-refractivity contribution in [1.82, 2.24) is 0 Å². The maximum Gasteiger partial charge on any atom is 0.337 e. The Morgan fingerprint density at radius 2 is 1.62 bits per heavy atom. The molecule has 2 N–H and O–H groups in total. The van der Waals surface area contributed by atoms with Gasteiger partial charge in [-0.1, -0.05) is 52.5 Å². The Bertz CT molecular complexity index is 716. The van der Waals surface area contributed by atoms with Crippen molar-refractivity contribution in [2.45, 2.75) is 6.10 Å². The summed E-state index contributed by atoms with van der Waals surface area (Å²) in [5, 5.41) is 19.9. The smallest absolute Gasteiger partial charge is 0.337 e. The number of hydrogen-bond acceptors (Lipinski definition) is 2. The summed E-state index contributed by atoms with van der Waals surface area (Å²) < 4.78 is 0. The number of hydrogen-bond donors (Lipinski definition) is 2. The van der Waals surface area contributed by atoms with E-state index in [2.05, 4.69) is 0 Å². The van der Waals surface area contributed by atoms with E-state index in [9.17, 15) is 9.90 Å². The lowest BCUT2D eigenvalue weighted by atomic mass is 9.96. The van der Waals surface area contributed by atoms with Gasteiger partial charge in [0.1, 0.15) is 0 Å². The minimum atomic E-state index is -1.74. The number of aliphatic hydroxyl groups is 1. The van der Waals surface area contributed by atoms with Crippen LogP contribution in [0.15, 0.2) is 30.3 Å². The van der Waals surface area contributed by atoms with Crippen LogP contribution in [0.1, 0.15) is 11.7 Å². The fourth-order valence-electron chi connectivity index (χ4n) is 1.89. The minimum Gasteiger partial charge on any atom is -0.479 e. The van der Waals surface area contributed by atoms with Gasteiger partial charge in [0.15, 0.2) is 6.10 Å². The number of carboxylic acids is 1. The zero-order valence-electron chi connectivity index (χ0n) is 10.3. The van der Waals surface area contributed by atoms with Gasteiger partial charge in [0.05, 0.1) is 10.0 Å². The van der Waals surface area contributed by atoms with Gasteiger partial charge in [-0.3, -0.25) is 0 Å². The molecule has 1 unspecified atom stereocenters. The molecule has 0 aliphatic rings. The minimum absolute atomic E-state index is 0.107. The third-order valence-corrected chi connectivity index (χ3v) is 4.08. The average Bonchev–Trinajstić information content (AvgIpc) is 2.42. The quantitative estimate of drug-likeness (QED) is 0.745. The van der Waals surface area contributed by atoms with Crippen molar-refractivity contribution in [1.29, 1.82) is 0 Å². The molecule has 0 heterocycles. The van der Waals surface area contributed by atoms with Crippen LogP contribution in [0.5, 0.6) is 0 Å². The van der Waals surface area contributed by atoms with Crippen molar-refractivity contribution >= 4 is 52.4 Å². The van der Waals surface area contributed by atoms with Crippen LogP contribution in [-0.4, -0.2) is 16.2 Å². The lowest BCUT2D eigenvalue weighted by molar-refractivity contribution is -0.146. The molecule has 0 saturated carbocycles. The molecule has 1 atom stereocenters. The lowest BCUT2D eigenvalue weighted by Gasteiger charge is -2.15. The average molecular weight is 366 g/mol. The molecule has 0 aromatic heterocycles. The monoisotopic (exact) mass is 364 g/mol. The first-order valence-corrected chi connectivity index (χ1v) is 7.17. The molecule has 0 aliphatic heterocycles. The predicted molar refractivity (Wildman–Crippen MR) is 84.5 cm³/mol. The third-order valence-electron chi connectivity index (χ3n) is 2.83. The molecule has 0 spiro atoms. The van der Waals surface area contributed by atoms with Crippen LogP contribution in [0.3, 0.4) is 0 Å². The molecule has 110 valence electrons. The summed E-state index contributed by atoms with van der Waals surface area (Å²) in [6.45, 7) is 0. The Hall–Kier alpha value is -0.970.